The zero-order valence-electron chi connectivity index (χ0n) is 12.9. The van der Waals surface area contributed by atoms with Gasteiger partial charge in [-0.25, -0.2) is 0 Å². The Hall–Kier alpha value is -1.59. The van der Waals surface area contributed by atoms with Crippen molar-refractivity contribution >= 4 is 17.7 Å². The normalized spacial score (nSPS) is 13.8. The molecule has 0 fully saturated rings. The molecule has 21 heavy (non-hydrogen) atoms. The molecule has 0 spiro atoms. The molecule has 0 aromatic carbocycles. The van der Waals surface area contributed by atoms with Crippen LogP contribution in [0.5, 0.6) is 0 Å². The van der Waals surface area contributed by atoms with Gasteiger partial charge in [0.2, 0.25) is 5.91 Å². The summed E-state index contributed by atoms with van der Waals surface area (Å²) < 4.78 is 1.88. The largest absolute Gasteiger partial charge is 0.337 e. The highest BCUT2D eigenvalue weighted by Gasteiger charge is 2.30. The minimum absolute atomic E-state index is 0.0274. The van der Waals surface area contributed by atoms with Crippen molar-refractivity contribution in [1.29, 1.82) is 5.26 Å². The Morgan fingerprint density at radius 1 is 1.57 bits per heavy atom. The van der Waals surface area contributed by atoms with E-state index in [4.69, 9.17) is 5.73 Å². The van der Waals surface area contributed by atoms with Crippen LogP contribution in [0.2, 0.25) is 0 Å². The first kappa shape index (κ1) is 17.5. The van der Waals surface area contributed by atoms with Crippen LogP contribution in [-0.4, -0.2) is 38.5 Å². The molecule has 1 rings (SSSR count). The van der Waals surface area contributed by atoms with Crippen LogP contribution in [0.25, 0.3) is 0 Å². The van der Waals surface area contributed by atoms with Crippen LogP contribution in [0.1, 0.15) is 26.6 Å². The predicted molar refractivity (Wildman–Crippen MR) is 81.5 cm³/mol. The molecule has 1 amide bonds. The quantitative estimate of drug-likeness (QED) is 0.717. The summed E-state index contributed by atoms with van der Waals surface area (Å²) in [7, 11) is 0. The molecule has 1 aromatic rings. The molecule has 0 aliphatic heterocycles. The first-order valence-electron chi connectivity index (χ1n) is 6.79. The van der Waals surface area contributed by atoms with Crippen LogP contribution in [-0.2, 0) is 11.3 Å². The van der Waals surface area contributed by atoms with Gasteiger partial charge in [0.05, 0.1) is 11.8 Å². The Kier molecular flexibility index (Phi) is 6.18. The lowest BCUT2D eigenvalue weighted by Crippen LogP contribution is -2.49. The summed E-state index contributed by atoms with van der Waals surface area (Å²) in [4.78, 5) is 12.0. The van der Waals surface area contributed by atoms with E-state index in [1.165, 1.54) is 11.8 Å². The van der Waals surface area contributed by atoms with Crippen molar-refractivity contribution in [2.45, 2.75) is 44.9 Å². The summed E-state index contributed by atoms with van der Waals surface area (Å²) in [6.07, 6.45) is 0. The maximum atomic E-state index is 12.0. The molecule has 0 aliphatic rings. The summed E-state index contributed by atoms with van der Waals surface area (Å²) in [6, 6.07) is 2.15. The molecule has 1 unspecified atom stereocenters. The molecule has 8 heteroatoms. The number of thioether (sulfide) groups is 1. The zero-order valence-corrected chi connectivity index (χ0v) is 13.7. The van der Waals surface area contributed by atoms with Crippen molar-refractivity contribution in [2.24, 2.45) is 11.7 Å². The highest BCUT2D eigenvalue weighted by molar-refractivity contribution is 7.99. The lowest BCUT2D eigenvalue weighted by atomic mass is 9.90. The van der Waals surface area contributed by atoms with Crippen molar-refractivity contribution < 1.29 is 4.79 Å². The van der Waals surface area contributed by atoms with E-state index in [0.29, 0.717) is 18.2 Å². The first-order chi connectivity index (χ1) is 9.84. The lowest BCUT2D eigenvalue weighted by molar-refractivity contribution is -0.120. The van der Waals surface area contributed by atoms with Gasteiger partial charge in [-0.15, -0.1) is 10.2 Å². The molecule has 3 N–H and O–H groups in total. The Balaban J connectivity index is 2.64. The Morgan fingerprint density at radius 3 is 2.76 bits per heavy atom. The Labute approximate surface area is 129 Å². The van der Waals surface area contributed by atoms with Gasteiger partial charge in [0, 0.05) is 13.1 Å². The molecular formula is C13H22N6OS. The van der Waals surface area contributed by atoms with E-state index >= 15 is 0 Å². The second-order valence-electron chi connectivity index (χ2n) is 5.28. The minimum atomic E-state index is -0.863. The summed E-state index contributed by atoms with van der Waals surface area (Å²) in [5, 5.41) is 20.6. The fraction of sp³-hybridized carbons (Fsp3) is 0.692. The number of aromatic nitrogens is 3. The first-order valence-corrected chi connectivity index (χ1v) is 7.77. The molecule has 0 saturated carbocycles. The monoisotopic (exact) mass is 310 g/mol. The Morgan fingerprint density at radius 2 is 2.24 bits per heavy atom. The number of aryl methyl sites for hydroxylation is 1. The van der Waals surface area contributed by atoms with Gasteiger partial charge in [-0.1, -0.05) is 25.6 Å². The zero-order chi connectivity index (χ0) is 16.0. The number of carbonyl (C=O) groups excluding carboxylic acids is 1. The highest BCUT2D eigenvalue weighted by Crippen LogP contribution is 2.18. The van der Waals surface area contributed by atoms with Crippen LogP contribution >= 0.6 is 11.8 Å². The molecule has 0 aliphatic carbocycles. The summed E-state index contributed by atoms with van der Waals surface area (Å²) in [5.41, 5.74) is 4.68. The van der Waals surface area contributed by atoms with Gasteiger partial charge in [0.15, 0.2) is 5.16 Å². The van der Waals surface area contributed by atoms with E-state index < -0.39 is 5.54 Å². The van der Waals surface area contributed by atoms with E-state index in [9.17, 15) is 10.1 Å². The van der Waals surface area contributed by atoms with E-state index in [-0.39, 0.29) is 17.6 Å². The van der Waals surface area contributed by atoms with E-state index in [1.807, 2.05) is 25.3 Å². The number of carbonyl (C=O) groups is 1. The average Bonchev–Trinajstić information content (AvgIpc) is 2.78. The number of amides is 1. The van der Waals surface area contributed by atoms with Crippen molar-refractivity contribution in [3.05, 3.63) is 5.82 Å². The van der Waals surface area contributed by atoms with Crippen molar-refractivity contribution in [2.75, 3.05) is 12.3 Å². The second kappa shape index (κ2) is 7.43. The summed E-state index contributed by atoms with van der Waals surface area (Å²) in [5.74, 6) is 0.789. The van der Waals surface area contributed by atoms with Gasteiger partial charge in [0.25, 0.3) is 0 Å². The summed E-state index contributed by atoms with van der Waals surface area (Å²) >= 11 is 1.29. The number of rotatable bonds is 7. The van der Waals surface area contributed by atoms with Gasteiger partial charge < -0.3 is 15.6 Å². The van der Waals surface area contributed by atoms with Gasteiger partial charge in [-0.2, -0.15) is 5.26 Å². The molecule has 0 bridgehead atoms. The van der Waals surface area contributed by atoms with Crippen molar-refractivity contribution in [3.63, 3.8) is 0 Å². The van der Waals surface area contributed by atoms with Gasteiger partial charge in [0.1, 0.15) is 11.4 Å². The average molecular weight is 310 g/mol. The number of nitrogens with zero attached hydrogens (tertiary/aromatic N) is 4. The van der Waals surface area contributed by atoms with Gasteiger partial charge in [-0.3, -0.25) is 4.79 Å². The van der Waals surface area contributed by atoms with Gasteiger partial charge in [-0.05, 0) is 19.8 Å². The van der Waals surface area contributed by atoms with Crippen molar-refractivity contribution in [1.82, 2.24) is 20.1 Å². The standard InChI is InChI=1S/C13H22N6OS/c1-9(2)13(4,8-15)16-11(20)7-21-12-18-17-10(3)19(12)6-5-14/h9H,5-7,14H2,1-4H3,(H,16,20). The van der Waals surface area contributed by atoms with Crippen LogP contribution in [0.4, 0.5) is 0 Å². The third-order valence-corrected chi connectivity index (χ3v) is 4.34. The topological polar surface area (TPSA) is 110 Å². The molecule has 7 nitrogen and oxygen atoms in total. The molecular weight excluding hydrogens is 288 g/mol. The number of nitriles is 1. The van der Waals surface area contributed by atoms with E-state index in [1.54, 1.807) is 6.92 Å². The molecule has 0 radical (unpaired) electrons. The summed E-state index contributed by atoms with van der Waals surface area (Å²) in [6.45, 7) is 8.47. The second-order valence-corrected chi connectivity index (χ2v) is 6.22. The number of nitrogens with two attached hydrogens (primary N) is 1. The van der Waals surface area contributed by atoms with Gasteiger partial charge >= 0.3 is 0 Å². The molecule has 116 valence electrons. The van der Waals surface area contributed by atoms with E-state index in [2.05, 4.69) is 21.6 Å². The predicted octanol–water partition coefficient (Wildman–Crippen LogP) is 0.692. The number of hydrogen-bond donors (Lipinski definition) is 2. The van der Waals surface area contributed by atoms with Crippen LogP contribution in [0, 0.1) is 24.2 Å². The SMILES string of the molecule is Cc1nnc(SCC(=O)NC(C)(C#N)C(C)C)n1CCN. The fourth-order valence-corrected chi connectivity index (χ4v) is 2.42. The van der Waals surface area contributed by atoms with Crippen LogP contribution in [0.15, 0.2) is 5.16 Å². The van der Waals surface area contributed by atoms with Crippen LogP contribution in [0.3, 0.4) is 0 Å². The Bertz CT molecular complexity index is 535. The highest BCUT2D eigenvalue weighted by atomic mass is 32.2. The van der Waals surface area contributed by atoms with E-state index in [0.717, 1.165) is 5.82 Å². The smallest absolute Gasteiger partial charge is 0.231 e. The van der Waals surface area contributed by atoms with Crippen LogP contribution < -0.4 is 11.1 Å². The fourth-order valence-electron chi connectivity index (χ4n) is 1.61. The van der Waals surface area contributed by atoms with Crippen molar-refractivity contribution in [3.8, 4) is 6.07 Å². The molecule has 1 heterocycles. The molecule has 0 saturated heterocycles. The third kappa shape index (κ3) is 4.44. The number of nitrogens with one attached hydrogen (secondary N) is 1. The minimum Gasteiger partial charge on any atom is -0.337 e. The molecule has 1 atom stereocenters. The maximum absolute atomic E-state index is 12.0. The third-order valence-electron chi connectivity index (χ3n) is 3.37. The molecule has 1 aromatic heterocycles. The number of hydrogen-bond acceptors (Lipinski definition) is 6. The maximum Gasteiger partial charge on any atom is 0.231 e. The lowest BCUT2D eigenvalue weighted by Gasteiger charge is -2.27.